The molecule has 0 saturated heterocycles. The summed E-state index contributed by atoms with van der Waals surface area (Å²) in [5, 5.41) is 4.07. The highest BCUT2D eigenvalue weighted by Crippen LogP contribution is 2.47. The molecule has 9 aromatic rings. The van der Waals surface area contributed by atoms with E-state index in [0.717, 1.165) is 43.8 Å². The molecule has 9 rings (SSSR count). The summed E-state index contributed by atoms with van der Waals surface area (Å²) in [6.45, 7) is 0. The van der Waals surface area contributed by atoms with Gasteiger partial charge in [0.15, 0.2) is 0 Å². The second kappa shape index (κ2) is 10.4. The van der Waals surface area contributed by atoms with E-state index in [1.807, 2.05) is 97.1 Å². The van der Waals surface area contributed by atoms with Crippen LogP contribution in [0.3, 0.4) is 0 Å². The van der Waals surface area contributed by atoms with E-state index >= 15 is 0 Å². The number of rotatable bonds is 4. The van der Waals surface area contributed by atoms with Crippen LogP contribution in [-0.2, 0) is 0 Å². The Kier molecular flexibility index (Phi) is 4.63. The first kappa shape index (κ1) is 20.1. The summed E-state index contributed by atoms with van der Waals surface area (Å²) in [4.78, 5) is 0. The van der Waals surface area contributed by atoms with E-state index in [9.17, 15) is 4.11 Å². The first-order chi connectivity index (χ1) is 24.9. The third-order valence-corrected chi connectivity index (χ3v) is 8.60. The summed E-state index contributed by atoms with van der Waals surface area (Å²) in [6, 6.07) is 42.7. The topological polar surface area (TPSA) is 13.1 Å². The van der Waals surface area contributed by atoms with Crippen molar-refractivity contribution in [3.05, 3.63) is 170 Å². The molecular weight excluding hydrogens is 544 g/mol. The van der Waals surface area contributed by atoms with Gasteiger partial charge in [-0.1, -0.05) is 152 Å². The SMILES string of the molecule is [2H]c1c([2H])c(-c2ccccc2)c2c(oc3c([2H])c(-c4c5ccccc5c(-c5ccccc5-c5ccccc5)c5ccccc45)c([2H])c([2H])c32)c1[2H]. The highest BCUT2D eigenvalue weighted by molar-refractivity contribution is 6.23. The molecule has 1 heteroatoms. The molecule has 1 aromatic heterocycles. The number of hydrogen-bond acceptors (Lipinski definition) is 1. The zero-order valence-corrected chi connectivity index (χ0v) is 24.1. The third-order valence-electron chi connectivity index (χ3n) is 8.60. The van der Waals surface area contributed by atoms with E-state index in [2.05, 4.69) is 36.4 Å². The lowest BCUT2D eigenvalue weighted by Gasteiger charge is -2.19. The van der Waals surface area contributed by atoms with Crippen LogP contribution in [0.4, 0.5) is 0 Å². The maximum atomic E-state index is 9.66. The van der Waals surface area contributed by atoms with Gasteiger partial charge in [-0.15, -0.1) is 0 Å². The van der Waals surface area contributed by atoms with E-state index in [-0.39, 0.29) is 58.4 Å². The molecule has 210 valence electrons. The first-order valence-electron chi connectivity index (χ1n) is 18.0. The predicted molar refractivity (Wildman–Crippen MR) is 190 cm³/mol. The second-order valence-electron chi connectivity index (χ2n) is 11.1. The van der Waals surface area contributed by atoms with Crippen LogP contribution in [0.25, 0.3) is 88.0 Å². The van der Waals surface area contributed by atoms with Crippen LogP contribution in [0.15, 0.2) is 174 Å². The Morgan fingerprint density at radius 2 is 0.911 bits per heavy atom. The highest BCUT2D eigenvalue weighted by atomic mass is 16.3. The zero-order valence-electron chi connectivity index (χ0n) is 30.1. The lowest BCUT2D eigenvalue weighted by Crippen LogP contribution is -1.92. The molecule has 1 nitrogen and oxygen atoms in total. The average Bonchev–Trinajstić information content (AvgIpc) is 3.58. The molecule has 8 aromatic carbocycles. The lowest BCUT2D eigenvalue weighted by molar-refractivity contribution is 0.669. The van der Waals surface area contributed by atoms with Crippen molar-refractivity contribution in [3.8, 4) is 44.5 Å². The Morgan fingerprint density at radius 3 is 1.56 bits per heavy atom. The molecule has 0 radical (unpaired) electrons. The first-order valence-corrected chi connectivity index (χ1v) is 15.0. The lowest BCUT2D eigenvalue weighted by atomic mass is 9.84. The average molecular weight is 579 g/mol. The summed E-state index contributed by atoms with van der Waals surface area (Å²) >= 11 is 0. The number of benzene rings is 8. The van der Waals surface area contributed by atoms with Crippen molar-refractivity contribution >= 4 is 43.5 Å². The predicted octanol–water partition coefficient (Wildman–Crippen LogP) is 12.6. The van der Waals surface area contributed by atoms with Crippen LogP contribution >= 0.6 is 0 Å². The fraction of sp³-hybridized carbons (Fsp3) is 0. The van der Waals surface area contributed by atoms with Crippen molar-refractivity contribution in [2.24, 2.45) is 0 Å². The minimum atomic E-state index is -0.298. The largest absolute Gasteiger partial charge is 0.456 e. The quantitative estimate of drug-likeness (QED) is 0.189. The maximum absolute atomic E-state index is 9.66. The second-order valence-corrected chi connectivity index (χ2v) is 11.1. The molecule has 0 unspecified atom stereocenters. The van der Waals surface area contributed by atoms with Crippen molar-refractivity contribution in [1.29, 1.82) is 0 Å². The van der Waals surface area contributed by atoms with E-state index < -0.39 is 0 Å². The molecule has 0 spiro atoms. The summed E-state index contributed by atoms with van der Waals surface area (Å²) in [7, 11) is 0. The third kappa shape index (κ3) is 4.09. The van der Waals surface area contributed by atoms with E-state index in [4.69, 9.17) is 8.53 Å². The van der Waals surface area contributed by atoms with Gasteiger partial charge in [-0.2, -0.15) is 0 Å². The molecule has 0 atom stereocenters. The van der Waals surface area contributed by atoms with E-state index in [1.165, 1.54) is 0 Å². The van der Waals surface area contributed by atoms with Crippen molar-refractivity contribution in [3.63, 3.8) is 0 Å². The number of furan rings is 1. The minimum Gasteiger partial charge on any atom is -0.456 e. The van der Waals surface area contributed by atoms with Gasteiger partial charge < -0.3 is 4.42 Å². The molecule has 0 bridgehead atoms. The Morgan fingerprint density at radius 1 is 0.378 bits per heavy atom. The minimum absolute atomic E-state index is 0.0333. The zero-order chi connectivity index (χ0) is 35.0. The molecule has 1 heterocycles. The van der Waals surface area contributed by atoms with E-state index in [0.29, 0.717) is 22.1 Å². The summed E-state index contributed by atoms with van der Waals surface area (Å²) in [5.74, 6) is 0. The van der Waals surface area contributed by atoms with Gasteiger partial charge in [0.25, 0.3) is 0 Å². The number of fused-ring (bicyclic) bond motifs is 5. The van der Waals surface area contributed by atoms with Gasteiger partial charge in [0.1, 0.15) is 11.2 Å². The van der Waals surface area contributed by atoms with Crippen LogP contribution in [0, 0.1) is 0 Å². The van der Waals surface area contributed by atoms with E-state index in [1.54, 1.807) is 0 Å². The fourth-order valence-electron chi connectivity index (χ4n) is 6.65. The van der Waals surface area contributed by atoms with Gasteiger partial charge in [-0.25, -0.2) is 0 Å². The Labute approximate surface area is 270 Å². The van der Waals surface area contributed by atoms with Gasteiger partial charge in [0.2, 0.25) is 0 Å². The molecule has 0 fully saturated rings. The molecule has 0 N–H and O–H groups in total. The molecule has 0 saturated carbocycles. The van der Waals surface area contributed by atoms with Gasteiger partial charge in [0.05, 0.1) is 8.22 Å². The summed E-state index contributed by atoms with van der Waals surface area (Å²) in [6.07, 6.45) is 0. The van der Waals surface area contributed by atoms with Crippen LogP contribution in [-0.4, -0.2) is 0 Å². The van der Waals surface area contributed by atoms with Gasteiger partial charge in [-0.05, 0) is 84.2 Å². The van der Waals surface area contributed by atoms with Crippen LogP contribution < -0.4 is 0 Å². The van der Waals surface area contributed by atoms with Crippen LogP contribution in [0.2, 0.25) is 0 Å². The highest BCUT2D eigenvalue weighted by Gasteiger charge is 2.20. The van der Waals surface area contributed by atoms with Gasteiger partial charge in [-0.3, -0.25) is 0 Å². The van der Waals surface area contributed by atoms with Crippen molar-refractivity contribution in [2.45, 2.75) is 0 Å². The molecular formula is C44H28O. The smallest absolute Gasteiger partial charge is 0.136 e. The normalized spacial score (nSPS) is 13.4. The molecule has 0 amide bonds. The Hall–Kier alpha value is -5.92. The monoisotopic (exact) mass is 578 g/mol. The van der Waals surface area contributed by atoms with Crippen LogP contribution in [0.1, 0.15) is 8.22 Å². The molecule has 0 aliphatic rings. The molecule has 45 heavy (non-hydrogen) atoms. The standard InChI is InChI=1S/C44H28O/c1-3-14-29(15-4-1)32-18-7-8-19-34(32)43-37-22-11-9-20-35(37)42(36-21-10-12-23-38(36)43)31-26-27-39-41(28-31)45-40-25-13-24-33(44(39)40)30-16-5-2-6-17-30/h1-28H/i13D,24D,25D,26D,27D,28D. The number of hydrogen-bond donors (Lipinski definition) is 0. The van der Waals surface area contributed by atoms with Gasteiger partial charge in [0, 0.05) is 10.8 Å². The van der Waals surface area contributed by atoms with Crippen molar-refractivity contribution in [2.75, 3.05) is 0 Å². The van der Waals surface area contributed by atoms with Crippen molar-refractivity contribution < 1.29 is 12.6 Å². The van der Waals surface area contributed by atoms with Crippen molar-refractivity contribution in [1.82, 2.24) is 0 Å². The maximum Gasteiger partial charge on any atom is 0.136 e. The molecule has 0 aliphatic carbocycles. The van der Waals surface area contributed by atoms with Gasteiger partial charge >= 0.3 is 0 Å². The Balaban J connectivity index is 1.42. The summed E-state index contributed by atoms with van der Waals surface area (Å²) in [5.41, 5.74) is 6.26. The van der Waals surface area contributed by atoms with Crippen LogP contribution in [0.5, 0.6) is 0 Å². The molecule has 0 aliphatic heterocycles. The Bertz CT molecular complexity index is 2800. The summed E-state index contributed by atoms with van der Waals surface area (Å²) < 4.78 is 61.2. The fourth-order valence-corrected chi connectivity index (χ4v) is 6.65.